The van der Waals surface area contributed by atoms with Crippen LogP contribution in [-0.4, -0.2) is 81.5 Å². The molecule has 0 heterocycles. The number of nitrogens with zero attached hydrogens (tertiary/aromatic N) is 2. The van der Waals surface area contributed by atoms with Crippen LogP contribution in [0.2, 0.25) is 0 Å². The van der Waals surface area contributed by atoms with Crippen molar-refractivity contribution in [3.8, 4) is 11.5 Å². The lowest BCUT2D eigenvalue weighted by molar-refractivity contribution is 0.133. The van der Waals surface area contributed by atoms with Crippen molar-refractivity contribution in [2.24, 2.45) is 5.73 Å². The molecule has 0 aromatic heterocycles. The van der Waals surface area contributed by atoms with Crippen LogP contribution in [0.15, 0.2) is 36.4 Å². The van der Waals surface area contributed by atoms with Crippen molar-refractivity contribution in [3.05, 3.63) is 58.7 Å². The zero-order valence-corrected chi connectivity index (χ0v) is 23.4. The van der Waals surface area contributed by atoms with Crippen LogP contribution in [0.3, 0.4) is 0 Å². The highest BCUT2D eigenvalue weighted by molar-refractivity contribution is 7.51. The van der Waals surface area contributed by atoms with Gasteiger partial charge in [-0.25, -0.2) is 0 Å². The van der Waals surface area contributed by atoms with Gasteiger partial charge in [0, 0.05) is 47.9 Å². The summed E-state index contributed by atoms with van der Waals surface area (Å²) in [5, 5.41) is 40.1. The van der Waals surface area contributed by atoms with Crippen LogP contribution in [0.5, 0.6) is 11.5 Å². The molecule has 0 aliphatic carbocycles. The molecule has 0 radical (unpaired) electrons. The predicted octanol–water partition coefficient (Wildman–Crippen LogP) is 1.15. The Morgan fingerprint density at radius 2 is 1.23 bits per heavy atom. The molecule has 1 unspecified atom stereocenters. The van der Waals surface area contributed by atoms with Crippen LogP contribution in [0.4, 0.5) is 0 Å². The molecule has 0 fully saturated rings. The summed E-state index contributed by atoms with van der Waals surface area (Å²) in [6.07, 6.45) is 0.119. The standard InChI is InChI=1S/C24H39N3O10P2/c25-10-2-1-9-22(27(17-39(35,36)37)12-19-6-4-8-21(15-29)24(19)31)13-26(16-38(32,33)34)11-18-5-3-7-20(14-28)23(18)30/h3-8,22,28-31H,1-2,9-17,25H2,(H2,32,33,34)(H2,35,36,37). The quantitative estimate of drug-likeness (QED) is 0.0930. The van der Waals surface area contributed by atoms with E-state index in [0.29, 0.717) is 36.9 Å². The highest BCUT2D eigenvalue weighted by atomic mass is 31.2. The third-order valence-corrected chi connectivity index (χ3v) is 7.74. The topological polar surface area (TPSA) is 228 Å². The lowest BCUT2D eigenvalue weighted by Gasteiger charge is -2.36. The number of aromatic hydroxyl groups is 2. The van der Waals surface area contributed by atoms with Gasteiger partial charge >= 0.3 is 15.2 Å². The fourth-order valence-corrected chi connectivity index (χ4v) is 5.98. The lowest BCUT2D eigenvalue weighted by atomic mass is 10.0. The van der Waals surface area contributed by atoms with Gasteiger partial charge in [-0.3, -0.25) is 18.9 Å². The predicted molar refractivity (Wildman–Crippen MR) is 145 cm³/mol. The van der Waals surface area contributed by atoms with Gasteiger partial charge in [-0.1, -0.05) is 42.8 Å². The van der Waals surface area contributed by atoms with E-state index in [1.54, 1.807) is 24.3 Å². The number of aliphatic hydroxyl groups excluding tert-OH is 2. The summed E-state index contributed by atoms with van der Waals surface area (Å²) in [6.45, 7) is -0.797. The van der Waals surface area contributed by atoms with E-state index in [0.717, 1.165) is 0 Å². The maximum absolute atomic E-state index is 12.1. The van der Waals surface area contributed by atoms with E-state index in [9.17, 15) is 49.1 Å². The van der Waals surface area contributed by atoms with Crippen molar-refractivity contribution in [3.63, 3.8) is 0 Å². The Bertz CT molecular complexity index is 1160. The number of phenols is 2. The highest BCUT2D eigenvalue weighted by Crippen LogP contribution is 2.40. The molecule has 2 rings (SSSR count). The lowest BCUT2D eigenvalue weighted by Crippen LogP contribution is -2.44. The maximum atomic E-state index is 12.1. The molecule has 0 aliphatic rings. The fourth-order valence-electron chi connectivity index (χ4n) is 4.43. The molecule has 10 N–H and O–H groups in total. The molecule has 2 aromatic carbocycles. The molecular weight excluding hydrogens is 552 g/mol. The number of para-hydroxylation sites is 2. The summed E-state index contributed by atoms with van der Waals surface area (Å²) < 4.78 is 24.2. The van der Waals surface area contributed by atoms with Crippen molar-refractivity contribution in [1.29, 1.82) is 0 Å². The third kappa shape index (κ3) is 11.3. The van der Waals surface area contributed by atoms with Gasteiger partial charge in [-0.15, -0.1) is 0 Å². The SMILES string of the molecule is NCCCCC(CN(Cc1cccc(CO)c1O)CP(=O)(O)O)N(Cc1cccc(CO)c1O)CP(=O)(O)O. The number of rotatable bonds is 17. The Labute approximate surface area is 227 Å². The van der Waals surface area contributed by atoms with Gasteiger partial charge in [0.2, 0.25) is 0 Å². The van der Waals surface area contributed by atoms with Crippen LogP contribution in [0, 0.1) is 0 Å². The second-order valence-corrected chi connectivity index (χ2v) is 12.7. The first-order valence-corrected chi connectivity index (χ1v) is 15.9. The van der Waals surface area contributed by atoms with Gasteiger partial charge < -0.3 is 45.7 Å². The van der Waals surface area contributed by atoms with Crippen molar-refractivity contribution in [2.75, 3.05) is 25.7 Å². The van der Waals surface area contributed by atoms with Crippen LogP contribution < -0.4 is 5.73 Å². The zero-order valence-electron chi connectivity index (χ0n) is 21.6. The smallest absolute Gasteiger partial charge is 0.339 e. The van der Waals surface area contributed by atoms with Crippen molar-refractivity contribution >= 4 is 15.2 Å². The van der Waals surface area contributed by atoms with Gasteiger partial charge in [0.25, 0.3) is 0 Å². The number of hydrogen-bond acceptors (Lipinski definition) is 9. The molecule has 39 heavy (non-hydrogen) atoms. The Kier molecular flexibility index (Phi) is 13.0. The van der Waals surface area contributed by atoms with Gasteiger partial charge in [0.05, 0.1) is 13.2 Å². The van der Waals surface area contributed by atoms with E-state index in [-0.39, 0.29) is 42.3 Å². The average molecular weight is 592 g/mol. The van der Waals surface area contributed by atoms with E-state index in [2.05, 4.69) is 0 Å². The monoisotopic (exact) mass is 591 g/mol. The minimum absolute atomic E-state index is 0.0566. The normalized spacial score (nSPS) is 13.4. The van der Waals surface area contributed by atoms with Crippen LogP contribution in [0.25, 0.3) is 0 Å². The first-order chi connectivity index (χ1) is 18.3. The number of nitrogens with two attached hydrogens (primary N) is 1. The van der Waals surface area contributed by atoms with Gasteiger partial charge in [-0.05, 0) is 19.4 Å². The molecule has 0 aliphatic heterocycles. The van der Waals surface area contributed by atoms with E-state index in [1.165, 1.54) is 21.9 Å². The maximum Gasteiger partial charge on any atom is 0.339 e. The second kappa shape index (κ2) is 15.2. The second-order valence-electron chi connectivity index (χ2n) is 9.47. The molecule has 0 bridgehead atoms. The Morgan fingerprint density at radius 3 is 1.69 bits per heavy atom. The highest BCUT2D eigenvalue weighted by Gasteiger charge is 2.30. The summed E-state index contributed by atoms with van der Waals surface area (Å²) in [4.78, 5) is 42.1. The van der Waals surface area contributed by atoms with Gasteiger partial charge in [0.1, 0.15) is 24.1 Å². The summed E-state index contributed by atoms with van der Waals surface area (Å²) in [6, 6.07) is 8.66. The van der Waals surface area contributed by atoms with Crippen molar-refractivity contribution < 1.29 is 49.1 Å². The van der Waals surface area contributed by atoms with E-state index in [1.807, 2.05) is 0 Å². The third-order valence-electron chi connectivity index (χ3n) is 6.24. The number of benzene rings is 2. The largest absolute Gasteiger partial charge is 0.507 e. The number of unbranched alkanes of at least 4 members (excludes halogenated alkanes) is 1. The Balaban J connectivity index is 2.48. The fraction of sp³-hybridized carbons (Fsp3) is 0.500. The summed E-state index contributed by atoms with van der Waals surface area (Å²) in [5.41, 5.74) is 6.75. The molecule has 15 heteroatoms. The minimum atomic E-state index is -4.62. The Hall–Kier alpha value is -1.86. The first-order valence-electron chi connectivity index (χ1n) is 12.3. The number of hydrogen-bond donors (Lipinski definition) is 9. The van der Waals surface area contributed by atoms with Crippen molar-refractivity contribution in [2.45, 2.75) is 51.6 Å². The molecule has 0 amide bonds. The van der Waals surface area contributed by atoms with Crippen LogP contribution in [0.1, 0.15) is 41.5 Å². The molecular formula is C24H39N3O10P2. The molecule has 0 spiro atoms. The molecule has 2 aromatic rings. The molecule has 0 saturated carbocycles. The average Bonchev–Trinajstić information content (AvgIpc) is 2.83. The molecule has 0 saturated heterocycles. The van der Waals surface area contributed by atoms with E-state index < -0.39 is 47.0 Å². The minimum Gasteiger partial charge on any atom is -0.507 e. The van der Waals surface area contributed by atoms with Gasteiger partial charge in [0.15, 0.2) is 0 Å². The molecule has 220 valence electrons. The molecule has 1 atom stereocenters. The van der Waals surface area contributed by atoms with E-state index in [4.69, 9.17) is 5.73 Å². The van der Waals surface area contributed by atoms with E-state index >= 15 is 0 Å². The van der Waals surface area contributed by atoms with Gasteiger partial charge in [-0.2, -0.15) is 0 Å². The van der Waals surface area contributed by atoms with Crippen LogP contribution in [-0.2, 0) is 35.4 Å². The summed E-state index contributed by atoms with van der Waals surface area (Å²) in [5.74, 6) is -0.428. The summed E-state index contributed by atoms with van der Waals surface area (Å²) in [7, 11) is -9.23. The van der Waals surface area contributed by atoms with Crippen molar-refractivity contribution in [1.82, 2.24) is 9.80 Å². The van der Waals surface area contributed by atoms with Crippen LogP contribution >= 0.6 is 15.2 Å². The zero-order chi connectivity index (χ0) is 29.2. The first kappa shape index (κ1) is 33.3. The summed E-state index contributed by atoms with van der Waals surface area (Å²) >= 11 is 0. The Morgan fingerprint density at radius 1 is 0.744 bits per heavy atom. The molecule has 13 nitrogen and oxygen atoms in total. The number of aliphatic hydroxyl groups is 2.